The third-order valence-corrected chi connectivity index (χ3v) is 4.37. The van der Waals surface area contributed by atoms with Gasteiger partial charge in [-0.05, 0) is 51.1 Å². The Morgan fingerprint density at radius 1 is 1.18 bits per heavy atom. The van der Waals surface area contributed by atoms with Crippen LogP contribution in [0.5, 0.6) is 0 Å². The summed E-state index contributed by atoms with van der Waals surface area (Å²) in [7, 11) is 1.78. The van der Waals surface area contributed by atoms with Crippen LogP contribution >= 0.6 is 0 Å². The van der Waals surface area contributed by atoms with E-state index in [2.05, 4.69) is 10.6 Å². The van der Waals surface area contributed by atoms with Gasteiger partial charge in [-0.1, -0.05) is 12.8 Å². The van der Waals surface area contributed by atoms with Gasteiger partial charge in [-0.3, -0.25) is 0 Å². The average molecular weight is 240 g/mol. The summed E-state index contributed by atoms with van der Waals surface area (Å²) in [5.74, 6) is 0.873. The molecule has 0 radical (unpaired) electrons. The zero-order chi connectivity index (χ0) is 11.9. The highest BCUT2D eigenvalue weighted by molar-refractivity contribution is 4.92. The van der Waals surface area contributed by atoms with Crippen molar-refractivity contribution in [1.82, 2.24) is 10.6 Å². The molecule has 0 amide bonds. The number of hydrogen-bond donors (Lipinski definition) is 2. The van der Waals surface area contributed by atoms with Crippen LogP contribution in [0.1, 0.15) is 44.9 Å². The topological polar surface area (TPSA) is 33.3 Å². The van der Waals surface area contributed by atoms with E-state index >= 15 is 0 Å². The zero-order valence-electron chi connectivity index (χ0n) is 11.2. The fourth-order valence-corrected chi connectivity index (χ4v) is 3.47. The van der Waals surface area contributed by atoms with Gasteiger partial charge >= 0.3 is 0 Å². The molecule has 3 atom stereocenters. The lowest BCUT2D eigenvalue weighted by atomic mass is 9.88. The molecule has 1 aliphatic heterocycles. The molecule has 0 bridgehead atoms. The molecular weight excluding hydrogens is 212 g/mol. The third-order valence-electron chi connectivity index (χ3n) is 4.37. The van der Waals surface area contributed by atoms with Crippen LogP contribution in [0.15, 0.2) is 0 Å². The lowest BCUT2D eigenvalue weighted by molar-refractivity contribution is 0.190. The minimum atomic E-state index is 0.752. The highest BCUT2D eigenvalue weighted by atomic mass is 16.5. The van der Waals surface area contributed by atoms with E-state index in [1.807, 2.05) is 0 Å². The second kappa shape index (κ2) is 7.34. The van der Waals surface area contributed by atoms with Crippen molar-refractivity contribution >= 4 is 0 Å². The smallest absolute Gasteiger partial charge is 0.0474 e. The summed E-state index contributed by atoms with van der Waals surface area (Å²) in [6.07, 6.45) is 9.51. The van der Waals surface area contributed by atoms with Gasteiger partial charge in [0.15, 0.2) is 0 Å². The Balaban J connectivity index is 1.72. The number of nitrogens with one attached hydrogen (secondary N) is 2. The van der Waals surface area contributed by atoms with Crippen molar-refractivity contribution in [2.75, 3.05) is 26.8 Å². The molecule has 0 aromatic rings. The van der Waals surface area contributed by atoms with Gasteiger partial charge in [-0.15, -0.1) is 0 Å². The van der Waals surface area contributed by atoms with Gasteiger partial charge < -0.3 is 15.4 Å². The average Bonchev–Trinajstić information content (AvgIpc) is 2.84. The summed E-state index contributed by atoms with van der Waals surface area (Å²) >= 11 is 0. The fraction of sp³-hybridized carbons (Fsp3) is 1.00. The van der Waals surface area contributed by atoms with Gasteiger partial charge in [-0.2, -0.15) is 0 Å². The standard InChI is InChI=1S/C14H28N2O/c1-17-11-5-10-16-14-8-4-6-12(14)13-7-2-3-9-15-13/h12-16H,2-11H2,1H3. The van der Waals surface area contributed by atoms with Crippen LogP contribution in [0, 0.1) is 5.92 Å². The highest BCUT2D eigenvalue weighted by Crippen LogP contribution is 2.31. The molecule has 3 unspecified atom stereocenters. The van der Waals surface area contributed by atoms with Crippen LogP contribution in [0.25, 0.3) is 0 Å². The number of ether oxygens (including phenoxy) is 1. The Morgan fingerprint density at radius 2 is 2.12 bits per heavy atom. The summed E-state index contributed by atoms with van der Waals surface area (Å²) in [4.78, 5) is 0. The summed E-state index contributed by atoms with van der Waals surface area (Å²) in [6, 6.07) is 1.54. The van der Waals surface area contributed by atoms with E-state index < -0.39 is 0 Å². The first kappa shape index (κ1) is 13.3. The minimum Gasteiger partial charge on any atom is -0.385 e. The molecule has 1 saturated heterocycles. The molecule has 1 heterocycles. The third kappa shape index (κ3) is 3.94. The summed E-state index contributed by atoms with van der Waals surface area (Å²) in [5, 5.41) is 7.47. The first-order valence-corrected chi connectivity index (χ1v) is 7.37. The summed E-state index contributed by atoms with van der Waals surface area (Å²) < 4.78 is 5.10. The maximum Gasteiger partial charge on any atom is 0.0474 e. The molecule has 1 aliphatic carbocycles. The molecule has 3 nitrogen and oxygen atoms in total. The maximum absolute atomic E-state index is 5.10. The van der Waals surface area contributed by atoms with Crippen molar-refractivity contribution in [3.63, 3.8) is 0 Å². The van der Waals surface area contributed by atoms with E-state index in [9.17, 15) is 0 Å². The van der Waals surface area contributed by atoms with Crippen LogP contribution in [0.2, 0.25) is 0 Å². The second-order valence-corrected chi connectivity index (χ2v) is 5.56. The van der Waals surface area contributed by atoms with Crippen LogP contribution in [0.3, 0.4) is 0 Å². The van der Waals surface area contributed by atoms with Gasteiger partial charge in [0.1, 0.15) is 0 Å². The van der Waals surface area contributed by atoms with Crippen molar-refractivity contribution in [3.8, 4) is 0 Å². The molecule has 2 rings (SSSR count). The van der Waals surface area contributed by atoms with E-state index in [0.717, 1.165) is 37.6 Å². The number of hydrogen-bond acceptors (Lipinski definition) is 3. The van der Waals surface area contributed by atoms with Crippen LogP contribution in [-0.2, 0) is 4.74 Å². The summed E-state index contributed by atoms with van der Waals surface area (Å²) in [6.45, 7) is 3.23. The van der Waals surface area contributed by atoms with E-state index in [1.165, 1.54) is 45.1 Å². The molecule has 1 saturated carbocycles. The molecule has 0 spiro atoms. The van der Waals surface area contributed by atoms with Crippen molar-refractivity contribution in [3.05, 3.63) is 0 Å². The molecule has 2 N–H and O–H groups in total. The van der Waals surface area contributed by atoms with Crippen molar-refractivity contribution < 1.29 is 4.74 Å². The van der Waals surface area contributed by atoms with Gasteiger partial charge in [0.25, 0.3) is 0 Å². The zero-order valence-corrected chi connectivity index (χ0v) is 11.2. The van der Waals surface area contributed by atoms with E-state index in [-0.39, 0.29) is 0 Å². The number of methoxy groups -OCH3 is 1. The predicted molar refractivity (Wildman–Crippen MR) is 71.3 cm³/mol. The lowest BCUT2D eigenvalue weighted by Gasteiger charge is -2.33. The predicted octanol–water partition coefficient (Wildman–Crippen LogP) is 1.92. The Hall–Kier alpha value is -0.120. The van der Waals surface area contributed by atoms with Crippen molar-refractivity contribution in [2.45, 2.75) is 57.0 Å². The summed E-state index contributed by atoms with van der Waals surface area (Å²) in [5.41, 5.74) is 0. The van der Waals surface area contributed by atoms with Gasteiger partial charge in [0.05, 0.1) is 0 Å². The highest BCUT2D eigenvalue weighted by Gasteiger charge is 2.33. The van der Waals surface area contributed by atoms with Crippen LogP contribution in [0.4, 0.5) is 0 Å². The molecule has 0 aromatic heterocycles. The van der Waals surface area contributed by atoms with E-state index in [4.69, 9.17) is 4.74 Å². The Kier molecular flexibility index (Phi) is 5.75. The monoisotopic (exact) mass is 240 g/mol. The Morgan fingerprint density at radius 3 is 2.88 bits per heavy atom. The molecule has 2 aliphatic rings. The van der Waals surface area contributed by atoms with Crippen molar-refractivity contribution in [1.29, 1.82) is 0 Å². The first-order valence-electron chi connectivity index (χ1n) is 7.37. The van der Waals surface area contributed by atoms with E-state index in [0.29, 0.717) is 0 Å². The second-order valence-electron chi connectivity index (χ2n) is 5.56. The SMILES string of the molecule is COCCCNC1CCCC1C1CCCCN1. The fourth-order valence-electron chi connectivity index (χ4n) is 3.47. The van der Waals surface area contributed by atoms with Gasteiger partial charge in [0.2, 0.25) is 0 Å². The molecular formula is C14H28N2O. The first-order chi connectivity index (χ1) is 8.42. The Bertz CT molecular complexity index is 204. The van der Waals surface area contributed by atoms with E-state index in [1.54, 1.807) is 7.11 Å². The quantitative estimate of drug-likeness (QED) is 0.696. The van der Waals surface area contributed by atoms with Crippen LogP contribution < -0.4 is 10.6 Å². The lowest BCUT2D eigenvalue weighted by Crippen LogP contribution is -2.47. The largest absolute Gasteiger partial charge is 0.385 e. The van der Waals surface area contributed by atoms with Gasteiger partial charge in [-0.25, -0.2) is 0 Å². The van der Waals surface area contributed by atoms with Crippen LogP contribution in [-0.4, -0.2) is 38.9 Å². The molecule has 0 aromatic carbocycles. The Labute approximate surface area is 106 Å². The van der Waals surface area contributed by atoms with Crippen molar-refractivity contribution in [2.24, 2.45) is 5.92 Å². The normalized spacial score (nSPS) is 34.1. The number of rotatable bonds is 6. The molecule has 100 valence electrons. The minimum absolute atomic E-state index is 0.752. The molecule has 3 heteroatoms. The molecule has 2 fully saturated rings. The maximum atomic E-state index is 5.10. The number of piperidine rings is 1. The molecule has 17 heavy (non-hydrogen) atoms. The van der Waals surface area contributed by atoms with Gasteiger partial charge in [0, 0.05) is 25.8 Å².